The molecular weight excluding hydrogens is 398 g/mol. The fraction of sp³-hybridized carbons (Fsp3) is 0.250. The first-order valence-electron chi connectivity index (χ1n) is 10.1. The van der Waals surface area contributed by atoms with Crippen molar-refractivity contribution in [2.24, 2.45) is 10.7 Å². The quantitative estimate of drug-likeness (QED) is 0.596. The lowest BCUT2D eigenvalue weighted by Gasteiger charge is -2.10. The van der Waals surface area contributed by atoms with Crippen molar-refractivity contribution in [3.63, 3.8) is 0 Å². The standard InChI is InChI=1S/C22H22ClN3O2.C2H6/c23-19-14-17(15-25-12-10-16-4-2-1-3-5-16)6-8-20(19)28-21-9-7-18(22(24)27)11-13-26-21;1-2/h1-9,13-14,25H,10-12,15H2,(H2,24,27);1-2H3. The Balaban J connectivity index is 0.00000155. The molecule has 6 heteroatoms. The number of rotatable bonds is 8. The maximum absolute atomic E-state index is 11.2. The first-order valence-corrected chi connectivity index (χ1v) is 10.4. The van der Waals surface area contributed by atoms with E-state index in [1.807, 2.05) is 50.2 Å². The number of hydrogen-bond acceptors (Lipinski definition) is 4. The van der Waals surface area contributed by atoms with Gasteiger partial charge in [0.25, 0.3) is 0 Å². The van der Waals surface area contributed by atoms with Crippen molar-refractivity contribution >= 4 is 23.7 Å². The van der Waals surface area contributed by atoms with Gasteiger partial charge in [-0.2, -0.15) is 0 Å². The molecule has 0 unspecified atom stereocenters. The van der Waals surface area contributed by atoms with E-state index >= 15 is 0 Å². The number of hydrogen-bond donors (Lipinski definition) is 2. The number of nitrogens with one attached hydrogen (secondary N) is 1. The summed E-state index contributed by atoms with van der Waals surface area (Å²) in [5.41, 5.74) is 8.15. The van der Waals surface area contributed by atoms with Crippen LogP contribution in [0.3, 0.4) is 0 Å². The Morgan fingerprint density at radius 1 is 1.13 bits per heavy atom. The topological polar surface area (TPSA) is 76.7 Å². The Bertz CT molecular complexity index is 921. The third kappa shape index (κ3) is 7.50. The van der Waals surface area contributed by atoms with E-state index in [0.717, 1.165) is 25.1 Å². The van der Waals surface area contributed by atoms with Crippen molar-refractivity contribution in [2.75, 3.05) is 6.54 Å². The zero-order valence-electron chi connectivity index (χ0n) is 17.4. The monoisotopic (exact) mass is 425 g/mol. The summed E-state index contributed by atoms with van der Waals surface area (Å²) in [5, 5.41) is 3.92. The molecule has 2 aromatic rings. The van der Waals surface area contributed by atoms with Crippen LogP contribution in [0.5, 0.6) is 5.75 Å². The smallest absolute Gasteiger partial charge is 0.244 e. The number of aliphatic imine (C=N–C) groups is 1. The van der Waals surface area contributed by atoms with Crippen LogP contribution in [0.15, 0.2) is 77.1 Å². The molecule has 3 rings (SSSR count). The summed E-state index contributed by atoms with van der Waals surface area (Å²) in [6.45, 7) is 5.61. The number of halogens is 1. The van der Waals surface area contributed by atoms with Crippen molar-refractivity contribution in [1.29, 1.82) is 0 Å². The first-order chi connectivity index (χ1) is 14.6. The van der Waals surface area contributed by atoms with Crippen LogP contribution in [-0.2, 0) is 17.8 Å². The van der Waals surface area contributed by atoms with Crippen molar-refractivity contribution < 1.29 is 9.53 Å². The summed E-state index contributed by atoms with van der Waals surface area (Å²) >= 11 is 6.36. The lowest BCUT2D eigenvalue weighted by molar-refractivity contribution is -0.114. The molecule has 1 aliphatic heterocycles. The zero-order valence-corrected chi connectivity index (χ0v) is 18.2. The molecule has 1 heterocycles. The van der Waals surface area contributed by atoms with Crippen LogP contribution in [0.4, 0.5) is 0 Å². The Morgan fingerprint density at radius 3 is 2.60 bits per heavy atom. The van der Waals surface area contributed by atoms with E-state index in [1.54, 1.807) is 18.4 Å². The van der Waals surface area contributed by atoms with Crippen LogP contribution in [0.1, 0.15) is 31.4 Å². The van der Waals surface area contributed by atoms with Gasteiger partial charge in [0.1, 0.15) is 5.75 Å². The molecule has 5 nitrogen and oxygen atoms in total. The molecule has 1 aliphatic rings. The fourth-order valence-electron chi connectivity index (χ4n) is 2.72. The lowest BCUT2D eigenvalue weighted by atomic mass is 10.1. The third-order valence-corrected chi connectivity index (χ3v) is 4.54. The van der Waals surface area contributed by atoms with Gasteiger partial charge in [0.05, 0.1) is 5.02 Å². The van der Waals surface area contributed by atoms with Gasteiger partial charge in [-0.05, 0) is 42.3 Å². The van der Waals surface area contributed by atoms with E-state index in [4.69, 9.17) is 22.1 Å². The molecular formula is C24H28ClN3O2. The molecule has 0 saturated heterocycles. The Hall–Kier alpha value is -2.89. The number of primary amides is 1. The second-order valence-electron chi connectivity index (χ2n) is 6.36. The molecule has 158 valence electrons. The van der Waals surface area contributed by atoms with E-state index in [-0.39, 0.29) is 0 Å². The van der Waals surface area contributed by atoms with Crippen LogP contribution in [-0.4, -0.2) is 18.7 Å². The molecule has 0 saturated carbocycles. The molecule has 0 spiro atoms. The summed E-state index contributed by atoms with van der Waals surface area (Å²) in [4.78, 5) is 15.4. The van der Waals surface area contributed by atoms with E-state index in [1.165, 1.54) is 5.56 Å². The minimum absolute atomic E-state index is 0.354. The van der Waals surface area contributed by atoms with Gasteiger partial charge < -0.3 is 15.8 Å². The summed E-state index contributed by atoms with van der Waals surface area (Å²) in [7, 11) is 0. The average Bonchev–Trinajstić information content (AvgIpc) is 3.01. The second kappa shape index (κ2) is 12.6. The second-order valence-corrected chi connectivity index (χ2v) is 6.76. The van der Waals surface area contributed by atoms with Crippen LogP contribution in [0.25, 0.3) is 0 Å². The van der Waals surface area contributed by atoms with Gasteiger partial charge in [-0.25, -0.2) is 4.99 Å². The molecule has 30 heavy (non-hydrogen) atoms. The van der Waals surface area contributed by atoms with E-state index in [0.29, 0.717) is 28.6 Å². The normalized spacial score (nSPS) is 12.8. The van der Waals surface area contributed by atoms with E-state index in [9.17, 15) is 4.79 Å². The maximum atomic E-state index is 11.2. The van der Waals surface area contributed by atoms with E-state index < -0.39 is 5.91 Å². The number of amides is 1. The number of ether oxygens (including phenoxy) is 1. The van der Waals surface area contributed by atoms with Crippen molar-refractivity contribution in [3.05, 3.63) is 88.3 Å². The number of nitrogens with two attached hydrogens (primary N) is 1. The van der Waals surface area contributed by atoms with Gasteiger partial charge in [-0.15, -0.1) is 0 Å². The predicted molar refractivity (Wildman–Crippen MR) is 124 cm³/mol. The van der Waals surface area contributed by atoms with Gasteiger partial charge in [0, 0.05) is 30.8 Å². The van der Waals surface area contributed by atoms with Crippen molar-refractivity contribution in [1.82, 2.24) is 5.32 Å². The molecule has 0 bridgehead atoms. The van der Waals surface area contributed by atoms with Crippen LogP contribution in [0, 0.1) is 0 Å². The molecule has 0 radical (unpaired) electrons. The van der Waals surface area contributed by atoms with Crippen LogP contribution in [0.2, 0.25) is 5.02 Å². The molecule has 0 aliphatic carbocycles. The predicted octanol–water partition coefficient (Wildman–Crippen LogP) is 4.80. The SMILES string of the molecule is CC.NC(=O)C1=CC=C(Oc2ccc(CNCCc3ccccc3)cc2Cl)N=CC1. The van der Waals surface area contributed by atoms with Gasteiger partial charge in [0.15, 0.2) is 0 Å². The fourth-order valence-corrected chi connectivity index (χ4v) is 2.96. The van der Waals surface area contributed by atoms with Gasteiger partial charge >= 0.3 is 0 Å². The van der Waals surface area contributed by atoms with Gasteiger partial charge in [-0.3, -0.25) is 4.79 Å². The van der Waals surface area contributed by atoms with Crippen LogP contribution >= 0.6 is 11.6 Å². The summed E-state index contributed by atoms with van der Waals surface area (Å²) in [6, 6.07) is 16.0. The number of carbonyl (C=O) groups is 1. The molecule has 1 amide bonds. The molecule has 0 atom stereocenters. The van der Waals surface area contributed by atoms with E-state index in [2.05, 4.69) is 22.4 Å². The van der Waals surface area contributed by atoms with Crippen LogP contribution < -0.4 is 15.8 Å². The largest absolute Gasteiger partial charge is 0.437 e. The molecule has 3 N–H and O–H groups in total. The number of carbonyl (C=O) groups excluding carboxylic acids is 1. The molecule has 0 aromatic heterocycles. The zero-order chi connectivity index (χ0) is 21.8. The number of nitrogens with zero attached hydrogens (tertiary/aromatic N) is 1. The summed E-state index contributed by atoms with van der Waals surface area (Å²) < 4.78 is 5.75. The highest BCUT2D eigenvalue weighted by Crippen LogP contribution is 2.28. The van der Waals surface area contributed by atoms with Crippen molar-refractivity contribution in [2.45, 2.75) is 33.2 Å². The minimum Gasteiger partial charge on any atom is -0.437 e. The number of benzene rings is 2. The molecule has 2 aromatic carbocycles. The first kappa shape index (κ1) is 23.4. The Labute approximate surface area is 183 Å². The van der Waals surface area contributed by atoms with Gasteiger partial charge in [0.2, 0.25) is 11.8 Å². The highest BCUT2D eigenvalue weighted by molar-refractivity contribution is 6.32. The van der Waals surface area contributed by atoms with Gasteiger partial charge in [-0.1, -0.05) is 61.8 Å². The summed E-state index contributed by atoms with van der Waals surface area (Å²) in [6.07, 6.45) is 6.17. The third-order valence-electron chi connectivity index (χ3n) is 4.25. The maximum Gasteiger partial charge on any atom is 0.244 e. The molecule has 0 fully saturated rings. The average molecular weight is 426 g/mol. The Kier molecular flexibility index (Phi) is 9.84. The summed E-state index contributed by atoms with van der Waals surface area (Å²) in [5.74, 6) is 0.395. The Morgan fingerprint density at radius 2 is 1.90 bits per heavy atom. The highest BCUT2D eigenvalue weighted by atomic mass is 35.5. The minimum atomic E-state index is -0.467. The lowest BCUT2D eigenvalue weighted by Crippen LogP contribution is -2.16. The number of allylic oxidation sites excluding steroid dienone is 2. The van der Waals surface area contributed by atoms with Crippen molar-refractivity contribution in [3.8, 4) is 5.75 Å². The highest BCUT2D eigenvalue weighted by Gasteiger charge is 2.09.